The van der Waals surface area contributed by atoms with Gasteiger partial charge >= 0.3 is 0 Å². The van der Waals surface area contributed by atoms with E-state index in [4.69, 9.17) is 5.73 Å². The Labute approximate surface area is 69.2 Å². The fraction of sp³-hybridized carbons (Fsp3) is 0.889. The molecule has 0 heterocycles. The van der Waals surface area contributed by atoms with Gasteiger partial charge in [-0.15, -0.1) is 0 Å². The number of carbonyl (C=O) groups excluding carboxylic acids is 1. The van der Waals surface area contributed by atoms with Crippen molar-refractivity contribution in [2.24, 2.45) is 17.6 Å². The van der Waals surface area contributed by atoms with E-state index in [1.165, 1.54) is 0 Å². The van der Waals surface area contributed by atoms with Crippen LogP contribution in [0.1, 0.15) is 33.6 Å². The standard InChI is InChI=1S/C9H19NO/c1-7(2)4-9(6-10)5-8(3)11/h7,9H,4-6,10H2,1-3H3. The van der Waals surface area contributed by atoms with Crippen molar-refractivity contribution in [1.29, 1.82) is 0 Å². The third kappa shape index (κ3) is 6.05. The van der Waals surface area contributed by atoms with E-state index in [-0.39, 0.29) is 5.78 Å². The second-order valence-corrected chi connectivity index (χ2v) is 3.64. The second kappa shape index (κ2) is 5.30. The summed E-state index contributed by atoms with van der Waals surface area (Å²) in [5.41, 5.74) is 5.52. The molecule has 0 aromatic heterocycles. The highest BCUT2D eigenvalue weighted by Crippen LogP contribution is 2.13. The van der Waals surface area contributed by atoms with Crippen LogP contribution >= 0.6 is 0 Å². The molecule has 0 saturated carbocycles. The van der Waals surface area contributed by atoms with Gasteiger partial charge in [0, 0.05) is 6.42 Å². The maximum atomic E-state index is 10.7. The Morgan fingerprint density at radius 3 is 2.27 bits per heavy atom. The van der Waals surface area contributed by atoms with Gasteiger partial charge in [0.1, 0.15) is 5.78 Å². The van der Waals surface area contributed by atoms with Crippen molar-refractivity contribution >= 4 is 5.78 Å². The minimum atomic E-state index is 0.251. The summed E-state index contributed by atoms with van der Waals surface area (Å²) in [7, 11) is 0. The molecule has 2 N–H and O–H groups in total. The van der Waals surface area contributed by atoms with Gasteiger partial charge in [-0.05, 0) is 31.7 Å². The molecular formula is C9H19NO. The Hall–Kier alpha value is -0.370. The van der Waals surface area contributed by atoms with E-state index in [1.807, 2.05) is 0 Å². The van der Waals surface area contributed by atoms with Crippen LogP contribution in [0.5, 0.6) is 0 Å². The summed E-state index contributed by atoms with van der Waals surface area (Å²) in [5.74, 6) is 1.29. The molecule has 0 aliphatic heterocycles. The third-order valence-electron chi connectivity index (χ3n) is 1.71. The van der Waals surface area contributed by atoms with E-state index in [2.05, 4.69) is 13.8 Å². The molecule has 1 unspecified atom stereocenters. The highest BCUT2D eigenvalue weighted by molar-refractivity contribution is 5.75. The summed E-state index contributed by atoms with van der Waals surface area (Å²) in [6, 6.07) is 0. The first-order valence-electron chi connectivity index (χ1n) is 4.25. The largest absolute Gasteiger partial charge is 0.330 e. The van der Waals surface area contributed by atoms with Crippen molar-refractivity contribution < 1.29 is 4.79 Å². The lowest BCUT2D eigenvalue weighted by Gasteiger charge is -2.14. The summed E-state index contributed by atoms with van der Waals surface area (Å²) >= 11 is 0. The fourth-order valence-corrected chi connectivity index (χ4v) is 1.34. The maximum Gasteiger partial charge on any atom is 0.130 e. The summed E-state index contributed by atoms with van der Waals surface area (Å²) in [6.07, 6.45) is 1.71. The van der Waals surface area contributed by atoms with Gasteiger partial charge in [-0.1, -0.05) is 13.8 Å². The summed E-state index contributed by atoms with van der Waals surface area (Å²) in [4.78, 5) is 10.7. The van der Waals surface area contributed by atoms with Crippen LogP contribution in [0.3, 0.4) is 0 Å². The molecule has 0 aliphatic carbocycles. The normalized spacial score (nSPS) is 13.5. The van der Waals surface area contributed by atoms with Crippen LogP contribution in [0.2, 0.25) is 0 Å². The van der Waals surface area contributed by atoms with Gasteiger partial charge in [-0.25, -0.2) is 0 Å². The molecule has 0 fully saturated rings. The molecule has 1 atom stereocenters. The topological polar surface area (TPSA) is 43.1 Å². The van der Waals surface area contributed by atoms with Crippen molar-refractivity contribution in [2.75, 3.05) is 6.54 Å². The van der Waals surface area contributed by atoms with Crippen LogP contribution in [0.15, 0.2) is 0 Å². The highest BCUT2D eigenvalue weighted by Gasteiger charge is 2.10. The second-order valence-electron chi connectivity index (χ2n) is 3.64. The molecule has 2 nitrogen and oxygen atoms in total. The van der Waals surface area contributed by atoms with Crippen molar-refractivity contribution in [3.8, 4) is 0 Å². The lowest BCUT2D eigenvalue weighted by atomic mass is 9.93. The van der Waals surface area contributed by atoms with Gasteiger partial charge in [0.25, 0.3) is 0 Å². The number of rotatable bonds is 5. The number of hydrogen-bond acceptors (Lipinski definition) is 2. The van der Waals surface area contributed by atoms with Crippen LogP contribution in [0, 0.1) is 11.8 Å². The van der Waals surface area contributed by atoms with Crippen molar-refractivity contribution in [1.82, 2.24) is 0 Å². The number of ketones is 1. The summed E-state index contributed by atoms with van der Waals surface area (Å²) in [6.45, 7) is 6.58. The lowest BCUT2D eigenvalue weighted by Crippen LogP contribution is -2.18. The molecule has 66 valence electrons. The Morgan fingerprint density at radius 1 is 1.45 bits per heavy atom. The summed E-state index contributed by atoms with van der Waals surface area (Å²) < 4.78 is 0. The van der Waals surface area contributed by atoms with E-state index < -0.39 is 0 Å². The first kappa shape index (κ1) is 10.6. The molecule has 0 aromatic carbocycles. The molecular weight excluding hydrogens is 138 g/mol. The highest BCUT2D eigenvalue weighted by atomic mass is 16.1. The fourth-order valence-electron chi connectivity index (χ4n) is 1.34. The van der Waals surface area contributed by atoms with E-state index >= 15 is 0 Å². The van der Waals surface area contributed by atoms with Crippen LogP contribution in [-0.2, 0) is 4.79 Å². The van der Waals surface area contributed by atoms with Crippen LogP contribution in [0.4, 0.5) is 0 Å². The zero-order chi connectivity index (χ0) is 8.85. The van der Waals surface area contributed by atoms with Crippen molar-refractivity contribution in [3.63, 3.8) is 0 Å². The quantitative estimate of drug-likeness (QED) is 0.658. The molecule has 0 rings (SSSR count). The first-order chi connectivity index (χ1) is 5.06. The predicted molar refractivity (Wildman–Crippen MR) is 47.3 cm³/mol. The number of Topliss-reactive ketones (excluding diaryl/α,β-unsaturated/α-hetero) is 1. The number of hydrogen-bond donors (Lipinski definition) is 1. The van der Waals surface area contributed by atoms with Crippen LogP contribution in [-0.4, -0.2) is 12.3 Å². The van der Waals surface area contributed by atoms with Gasteiger partial charge in [0.05, 0.1) is 0 Å². The van der Waals surface area contributed by atoms with Crippen LogP contribution < -0.4 is 5.73 Å². The Kier molecular flexibility index (Phi) is 5.12. The summed E-state index contributed by atoms with van der Waals surface area (Å²) in [5, 5.41) is 0. The maximum absolute atomic E-state index is 10.7. The Balaban J connectivity index is 3.66. The molecule has 11 heavy (non-hydrogen) atoms. The minimum absolute atomic E-state index is 0.251. The number of nitrogens with two attached hydrogens (primary N) is 1. The first-order valence-corrected chi connectivity index (χ1v) is 4.25. The van der Waals surface area contributed by atoms with Crippen LogP contribution in [0.25, 0.3) is 0 Å². The number of carbonyl (C=O) groups is 1. The van der Waals surface area contributed by atoms with Gasteiger partial charge in [-0.2, -0.15) is 0 Å². The average Bonchev–Trinajstić information content (AvgIpc) is 1.84. The molecule has 0 aromatic rings. The monoisotopic (exact) mass is 157 g/mol. The van der Waals surface area contributed by atoms with Gasteiger partial charge < -0.3 is 10.5 Å². The molecule has 0 aliphatic rings. The van der Waals surface area contributed by atoms with Gasteiger partial charge in [-0.3, -0.25) is 0 Å². The molecule has 0 amide bonds. The average molecular weight is 157 g/mol. The van der Waals surface area contributed by atoms with E-state index in [9.17, 15) is 4.79 Å². The van der Waals surface area contributed by atoms with Gasteiger partial charge in [0.15, 0.2) is 0 Å². The molecule has 0 saturated heterocycles. The molecule has 0 bridgehead atoms. The van der Waals surface area contributed by atoms with E-state index in [0.29, 0.717) is 24.8 Å². The molecule has 2 heteroatoms. The SMILES string of the molecule is CC(=O)CC(CN)CC(C)C. The molecule has 0 spiro atoms. The Bertz CT molecular complexity index is 121. The minimum Gasteiger partial charge on any atom is -0.330 e. The Morgan fingerprint density at radius 2 is 2.00 bits per heavy atom. The zero-order valence-corrected chi connectivity index (χ0v) is 7.76. The predicted octanol–water partition coefficient (Wildman–Crippen LogP) is 1.59. The van der Waals surface area contributed by atoms with E-state index in [1.54, 1.807) is 6.92 Å². The smallest absolute Gasteiger partial charge is 0.130 e. The lowest BCUT2D eigenvalue weighted by molar-refractivity contribution is -0.117. The van der Waals surface area contributed by atoms with Crippen molar-refractivity contribution in [3.05, 3.63) is 0 Å². The molecule has 0 radical (unpaired) electrons. The van der Waals surface area contributed by atoms with Gasteiger partial charge in [0.2, 0.25) is 0 Å². The van der Waals surface area contributed by atoms with Crippen molar-refractivity contribution in [2.45, 2.75) is 33.6 Å². The van der Waals surface area contributed by atoms with E-state index in [0.717, 1.165) is 6.42 Å². The zero-order valence-electron chi connectivity index (χ0n) is 7.76. The third-order valence-corrected chi connectivity index (χ3v) is 1.71.